The topological polar surface area (TPSA) is 35.5 Å². The Kier molecular flexibility index (Phi) is 4.34. The summed E-state index contributed by atoms with van der Waals surface area (Å²) in [5.41, 5.74) is 2.61. The number of anilines is 1. The van der Waals surface area contributed by atoms with Crippen molar-refractivity contribution in [2.24, 2.45) is 5.92 Å². The van der Waals surface area contributed by atoms with Crippen molar-refractivity contribution in [2.75, 3.05) is 18.1 Å². The minimum Gasteiger partial charge on any atom is -0.394 e. The predicted octanol–water partition coefficient (Wildman–Crippen LogP) is 2.91. The van der Waals surface area contributed by atoms with Crippen molar-refractivity contribution in [3.63, 3.8) is 0 Å². The summed E-state index contributed by atoms with van der Waals surface area (Å²) in [5, 5.41) is 13.3. The van der Waals surface area contributed by atoms with E-state index in [4.69, 9.17) is 0 Å². The summed E-state index contributed by atoms with van der Waals surface area (Å²) in [5.74, 6) is 0.559. The van der Waals surface area contributed by atoms with Crippen LogP contribution in [0.3, 0.4) is 0 Å². The number of aliphatic hydroxyl groups excluding tert-OH is 1. The fraction of sp³-hybridized carbons (Fsp3) is 0.625. The van der Waals surface area contributed by atoms with Crippen molar-refractivity contribution >= 4 is 21.6 Å². The fourth-order valence-electron chi connectivity index (χ4n) is 3.08. The van der Waals surface area contributed by atoms with Crippen molar-refractivity contribution in [3.8, 4) is 0 Å². The van der Waals surface area contributed by atoms with Crippen LogP contribution in [0.25, 0.3) is 0 Å². The van der Waals surface area contributed by atoms with Gasteiger partial charge >= 0.3 is 0 Å². The van der Waals surface area contributed by atoms with E-state index in [1.165, 1.54) is 24.1 Å². The quantitative estimate of drug-likeness (QED) is 0.866. The molecule has 0 amide bonds. The van der Waals surface area contributed by atoms with E-state index >= 15 is 0 Å². The zero-order valence-corrected chi connectivity index (χ0v) is 13.6. The lowest BCUT2D eigenvalue weighted by Gasteiger charge is -2.29. The number of rotatable bonds is 5. The van der Waals surface area contributed by atoms with Crippen molar-refractivity contribution in [3.05, 3.63) is 28.2 Å². The standard InChI is InChI=1S/C16H23BrN2O/c1-11-6-7-19(16(11)10-20)15-8-13(17)3-2-12(15)9-18-14-4-5-14/h2-3,8,11,14,16,18,20H,4-7,9-10H2,1H3. The lowest BCUT2D eigenvalue weighted by molar-refractivity contribution is 0.244. The fourth-order valence-corrected chi connectivity index (χ4v) is 3.43. The summed E-state index contributed by atoms with van der Waals surface area (Å²) in [6.07, 6.45) is 3.78. The van der Waals surface area contributed by atoms with Crippen LogP contribution in [0.1, 0.15) is 31.7 Å². The molecule has 2 atom stereocenters. The molecule has 2 aliphatic rings. The summed E-state index contributed by atoms with van der Waals surface area (Å²) in [4.78, 5) is 2.39. The molecule has 2 N–H and O–H groups in total. The maximum Gasteiger partial charge on any atom is 0.0637 e. The Morgan fingerprint density at radius 3 is 2.85 bits per heavy atom. The van der Waals surface area contributed by atoms with Crippen LogP contribution >= 0.6 is 15.9 Å². The van der Waals surface area contributed by atoms with E-state index in [-0.39, 0.29) is 12.6 Å². The van der Waals surface area contributed by atoms with Crippen molar-refractivity contribution < 1.29 is 5.11 Å². The molecule has 1 saturated heterocycles. The van der Waals surface area contributed by atoms with Gasteiger partial charge in [0.15, 0.2) is 0 Å². The van der Waals surface area contributed by atoms with Crippen molar-refractivity contribution in [1.82, 2.24) is 5.32 Å². The Hall–Kier alpha value is -0.580. The lowest BCUT2D eigenvalue weighted by Crippen LogP contribution is -2.36. The molecule has 1 aliphatic carbocycles. The van der Waals surface area contributed by atoms with Gasteiger partial charge in [-0.15, -0.1) is 0 Å². The highest BCUT2D eigenvalue weighted by Gasteiger charge is 2.32. The molecule has 1 aromatic rings. The van der Waals surface area contributed by atoms with Gasteiger partial charge in [0.25, 0.3) is 0 Å². The third-order valence-corrected chi connectivity index (χ3v) is 5.08. The molecule has 2 fully saturated rings. The Morgan fingerprint density at radius 1 is 1.35 bits per heavy atom. The summed E-state index contributed by atoms with van der Waals surface area (Å²) < 4.78 is 1.11. The molecule has 1 aromatic carbocycles. The maximum absolute atomic E-state index is 9.69. The summed E-state index contributed by atoms with van der Waals surface area (Å²) in [6, 6.07) is 7.49. The first-order valence-electron chi connectivity index (χ1n) is 7.58. The van der Waals surface area contributed by atoms with Crippen LogP contribution in [-0.2, 0) is 6.54 Å². The molecule has 0 bridgehead atoms. The van der Waals surface area contributed by atoms with Gasteiger partial charge in [-0.3, -0.25) is 0 Å². The van der Waals surface area contributed by atoms with E-state index in [2.05, 4.69) is 51.3 Å². The number of halogens is 1. The monoisotopic (exact) mass is 338 g/mol. The minimum absolute atomic E-state index is 0.239. The van der Waals surface area contributed by atoms with Gasteiger partial charge in [0, 0.05) is 29.3 Å². The second kappa shape index (κ2) is 6.04. The average molecular weight is 339 g/mol. The van der Waals surface area contributed by atoms with Gasteiger partial charge < -0.3 is 15.3 Å². The highest BCUT2D eigenvalue weighted by Crippen LogP contribution is 2.34. The maximum atomic E-state index is 9.69. The van der Waals surface area contributed by atoms with E-state index in [0.717, 1.165) is 30.0 Å². The molecular formula is C16H23BrN2O. The molecule has 4 heteroatoms. The number of nitrogens with one attached hydrogen (secondary N) is 1. The number of benzene rings is 1. The Balaban J connectivity index is 1.83. The van der Waals surface area contributed by atoms with Crippen LogP contribution in [0.15, 0.2) is 22.7 Å². The van der Waals surface area contributed by atoms with Gasteiger partial charge in [-0.1, -0.05) is 28.9 Å². The molecule has 3 rings (SSSR count). The minimum atomic E-state index is 0.239. The zero-order valence-electron chi connectivity index (χ0n) is 12.0. The Morgan fingerprint density at radius 2 is 2.15 bits per heavy atom. The molecule has 20 heavy (non-hydrogen) atoms. The predicted molar refractivity (Wildman–Crippen MR) is 86.0 cm³/mol. The number of nitrogens with zero attached hydrogens (tertiary/aromatic N) is 1. The largest absolute Gasteiger partial charge is 0.394 e. The SMILES string of the molecule is CC1CCN(c2cc(Br)ccc2CNC2CC2)C1CO. The van der Waals surface area contributed by atoms with Crippen LogP contribution in [0, 0.1) is 5.92 Å². The zero-order chi connectivity index (χ0) is 14.1. The first kappa shape index (κ1) is 14.4. The van der Waals surface area contributed by atoms with Gasteiger partial charge in [0.1, 0.15) is 0 Å². The smallest absolute Gasteiger partial charge is 0.0637 e. The molecule has 1 aliphatic heterocycles. The molecule has 0 aromatic heterocycles. The van der Waals surface area contributed by atoms with Gasteiger partial charge in [-0.25, -0.2) is 0 Å². The summed E-state index contributed by atoms with van der Waals surface area (Å²) in [7, 11) is 0. The van der Waals surface area contributed by atoms with Crippen LogP contribution in [0.5, 0.6) is 0 Å². The molecular weight excluding hydrogens is 316 g/mol. The second-order valence-electron chi connectivity index (χ2n) is 6.14. The van der Waals surface area contributed by atoms with Gasteiger partial charge in [0.05, 0.1) is 12.6 Å². The molecule has 2 unspecified atom stereocenters. The molecule has 1 saturated carbocycles. The van der Waals surface area contributed by atoms with Crippen molar-refractivity contribution in [2.45, 2.75) is 44.8 Å². The normalized spacial score (nSPS) is 26.2. The molecule has 110 valence electrons. The number of hydrogen-bond donors (Lipinski definition) is 2. The lowest BCUT2D eigenvalue weighted by atomic mass is 10.0. The van der Waals surface area contributed by atoms with E-state index in [1.54, 1.807) is 0 Å². The molecule has 1 heterocycles. The third kappa shape index (κ3) is 3.02. The molecule has 0 radical (unpaired) electrons. The summed E-state index contributed by atoms with van der Waals surface area (Å²) in [6.45, 7) is 4.44. The first-order valence-corrected chi connectivity index (χ1v) is 8.37. The molecule has 0 spiro atoms. The van der Waals surface area contributed by atoms with E-state index < -0.39 is 0 Å². The van der Waals surface area contributed by atoms with E-state index in [0.29, 0.717) is 5.92 Å². The first-order chi connectivity index (χ1) is 9.69. The van der Waals surface area contributed by atoms with Crippen LogP contribution < -0.4 is 10.2 Å². The molecule has 3 nitrogen and oxygen atoms in total. The number of aliphatic hydroxyl groups is 1. The second-order valence-corrected chi connectivity index (χ2v) is 7.05. The van der Waals surface area contributed by atoms with Gasteiger partial charge in [-0.2, -0.15) is 0 Å². The van der Waals surface area contributed by atoms with Gasteiger partial charge in [-0.05, 0) is 42.9 Å². The Labute approximate surface area is 129 Å². The van der Waals surface area contributed by atoms with Crippen LogP contribution in [0.4, 0.5) is 5.69 Å². The highest BCUT2D eigenvalue weighted by atomic mass is 79.9. The van der Waals surface area contributed by atoms with Crippen LogP contribution in [-0.4, -0.2) is 30.3 Å². The average Bonchev–Trinajstić information content (AvgIpc) is 3.19. The van der Waals surface area contributed by atoms with E-state index in [1.807, 2.05) is 0 Å². The van der Waals surface area contributed by atoms with E-state index in [9.17, 15) is 5.11 Å². The third-order valence-electron chi connectivity index (χ3n) is 4.58. The Bertz CT molecular complexity index is 476. The van der Waals surface area contributed by atoms with Crippen molar-refractivity contribution in [1.29, 1.82) is 0 Å². The summed E-state index contributed by atoms with van der Waals surface area (Å²) >= 11 is 3.58. The van der Waals surface area contributed by atoms with Crippen LogP contribution in [0.2, 0.25) is 0 Å². The number of hydrogen-bond acceptors (Lipinski definition) is 3. The highest BCUT2D eigenvalue weighted by molar-refractivity contribution is 9.10. The van der Waals surface area contributed by atoms with Gasteiger partial charge in [0.2, 0.25) is 0 Å².